The van der Waals surface area contributed by atoms with Crippen molar-refractivity contribution in [3.8, 4) is 0 Å². The molecule has 29 heavy (non-hydrogen) atoms. The minimum Gasteiger partial charge on any atom is -0.365 e. The van der Waals surface area contributed by atoms with E-state index in [0.717, 1.165) is 34.5 Å². The summed E-state index contributed by atoms with van der Waals surface area (Å²) in [5, 5.41) is 8.26. The Morgan fingerprint density at radius 1 is 1.10 bits per heavy atom. The van der Waals surface area contributed by atoms with E-state index in [1.165, 1.54) is 18.9 Å². The summed E-state index contributed by atoms with van der Waals surface area (Å²) >= 11 is 0. The standard InChI is InChI=1S/C23H21N5O/c29-13-3-12-28-21-14-23(17-4-1-10-24-15-17,18-5-2-11-25-16-18)9-8-20(21)22(27-28)26-19-6-7-19/h1-5,8-13,15-16,19H,6-7,14H2,(H,26,27). The van der Waals surface area contributed by atoms with Crippen molar-refractivity contribution >= 4 is 24.4 Å². The molecule has 0 amide bonds. The first-order valence-electron chi connectivity index (χ1n) is 9.80. The van der Waals surface area contributed by atoms with Crippen molar-refractivity contribution in [3.05, 3.63) is 83.6 Å². The molecule has 6 nitrogen and oxygen atoms in total. The molecular formula is C23H21N5O. The lowest BCUT2D eigenvalue weighted by atomic mass is 9.69. The molecule has 0 aromatic carbocycles. The first-order chi connectivity index (χ1) is 14.3. The molecule has 3 heterocycles. The van der Waals surface area contributed by atoms with Crippen LogP contribution in [0.5, 0.6) is 0 Å². The Morgan fingerprint density at radius 2 is 1.83 bits per heavy atom. The van der Waals surface area contributed by atoms with Crippen molar-refractivity contribution in [3.63, 3.8) is 0 Å². The van der Waals surface area contributed by atoms with Crippen LogP contribution in [0.2, 0.25) is 0 Å². The van der Waals surface area contributed by atoms with E-state index < -0.39 is 5.41 Å². The van der Waals surface area contributed by atoms with Gasteiger partial charge in [-0.25, -0.2) is 4.68 Å². The highest BCUT2D eigenvalue weighted by molar-refractivity contribution is 5.74. The van der Waals surface area contributed by atoms with Gasteiger partial charge in [-0.15, -0.1) is 0 Å². The van der Waals surface area contributed by atoms with Crippen LogP contribution in [0.15, 0.2) is 61.2 Å². The Kier molecular flexibility index (Phi) is 4.31. The molecule has 2 aliphatic carbocycles. The summed E-state index contributed by atoms with van der Waals surface area (Å²) in [5.41, 5.74) is 3.92. The second-order valence-corrected chi connectivity index (χ2v) is 7.51. The minimum absolute atomic E-state index is 0.404. The van der Waals surface area contributed by atoms with E-state index in [2.05, 4.69) is 39.6 Å². The van der Waals surface area contributed by atoms with Crippen LogP contribution in [0.3, 0.4) is 0 Å². The molecule has 0 bridgehead atoms. The van der Waals surface area contributed by atoms with Gasteiger partial charge in [-0.1, -0.05) is 24.3 Å². The molecule has 3 aromatic heterocycles. The zero-order chi connectivity index (χ0) is 19.7. The minimum atomic E-state index is -0.404. The van der Waals surface area contributed by atoms with Gasteiger partial charge in [0.1, 0.15) is 6.29 Å². The topological polar surface area (TPSA) is 72.7 Å². The average Bonchev–Trinajstić information content (AvgIpc) is 3.54. The maximum absolute atomic E-state index is 10.9. The Balaban J connectivity index is 1.67. The smallest absolute Gasteiger partial charge is 0.156 e. The van der Waals surface area contributed by atoms with Crippen molar-refractivity contribution in [2.75, 3.05) is 5.32 Å². The highest BCUT2D eigenvalue weighted by Gasteiger charge is 2.38. The van der Waals surface area contributed by atoms with Crippen molar-refractivity contribution in [1.82, 2.24) is 19.7 Å². The lowest BCUT2D eigenvalue weighted by Gasteiger charge is -2.34. The second kappa shape index (κ2) is 7.13. The van der Waals surface area contributed by atoms with Crippen LogP contribution in [-0.4, -0.2) is 32.1 Å². The average molecular weight is 383 g/mol. The summed E-state index contributed by atoms with van der Waals surface area (Å²) in [6.45, 7) is 0. The van der Waals surface area contributed by atoms with Crippen molar-refractivity contribution in [1.29, 1.82) is 0 Å². The fraction of sp³-hybridized carbons (Fsp3) is 0.217. The summed E-state index contributed by atoms with van der Waals surface area (Å²) in [6, 6.07) is 8.61. The van der Waals surface area contributed by atoms with Crippen LogP contribution in [0.1, 0.15) is 35.2 Å². The molecule has 6 heteroatoms. The van der Waals surface area contributed by atoms with E-state index in [4.69, 9.17) is 5.10 Å². The Hall–Kier alpha value is -3.54. The van der Waals surface area contributed by atoms with E-state index in [9.17, 15) is 4.79 Å². The summed E-state index contributed by atoms with van der Waals surface area (Å²) in [5.74, 6) is 0.875. The lowest BCUT2D eigenvalue weighted by Crippen LogP contribution is -2.31. The van der Waals surface area contributed by atoms with Gasteiger partial charge in [0.05, 0.1) is 5.69 Å². The molecule has 3 aromatic rings. The number of hydrogen-bond acceptors (Lipinski definition) is 5. The van der Waals surface area contributed by atoms with Crippen LogP contribution in [0, 0.1) is 0 Å². The molecule has 0 unspecified atom stereocenters. The van der Waals surface area contributed by atoms with Crippen LogP contribution in [0.25, 0.3) is 12.3 Å². The molecule has 0 spiro atoms. The lowest BCUT2D eigenvalue weighted by molar-refractivity contribution is -0.104. The number of pyridine rings is 2. The third-order valence-corrected chi connectivity index (χ3v) is 5.61. The molecule has 144 valence electrons. The van der Waals surface area contributed by atoms with Gasteiger partial charge in [-0.2, -0.15) is 5.10 Å². The molecule has 0 aliphatic heterocycles. The third-order valence-electron chi connectivity index (χ3n) is 5.61. The number of carbonyl (C=O) groups excluding carboxylic acids is 1. The Morgan fingerprint density at radius 3 is 2.41 bits per heavy atom. The van der Waals surface area contributed by atoms with E-state index in [1.807, 2.05) is 29.2 Å². The van der Waals surface area contributed by atoms with Gasteiger partial charge < -0.3 is 5.32 Å². The molecule has 0 atom stereocenters. The summed E-state index contributed by atoms with van der Waals surface area (Å²) < 4.78 is 1.82. The first kappa shape index (κ1) is 17.6. The predicted octanol–water partition coefficient (Wildman–Crippen LogP) is 3.47. The fourth-order valence-electron chi connectivity index (χ4n) is 3.97. The van der Waals surface area contributed by atoms with E-state index in [1.54, 1.807) is 18.6 Å². The van der Waals surface area contributed by atoms with Crippen LogP contribution in [-0.2, 0) is 16.6 Å². The third kappa shape index (κ3) is 3.16. The van der Waals surface area contributed by atoms with Gasteiger partial charge in [0.15, 0.2) is 5.82 Å². The molecule has 1 N–H and O–H groups in total. The summed E-state index contributed by atoms with van der Waals surface area (Å²) in [6.07, 6.45) is 18.8. The number of anilines is 1. The van der Waals surface area contributed by atoms with Gasteiger partial charge in [-0.3, -0.25) is 14.8 Å². The SMILES string of the molecule is O=CC=Cn1nc(NC2CC2)c2c1CC(c1cccnc1)(c1cccnc1)C=C2. The van der Waals surface area contributed by atoms with Crippen molar-refractivity contribution in [2.24, 2.45) is 0 Å². The number of nitrogens with zero attached hydrogens (tertiary/aromatic N) is 4. The predicted molar refractivity (Wildman–Crippen MR) is 112 cm³/mol. The number of hydrogen-bond donors (Lipinski definition) is 1. The van der Waals surface area contributed by atoms with Gasteiger partial charge in [0.25, 0.3) is 0 Å². The molecule has 0 radical (unpaired) electrons. The second-order valence-electron chi connectivity index (χ2n) is 7.51. The van der Waals surface area contributed by atoms with Crippen LogP contribution < -0.4 is 5.32 Å². The summed E-state index contributed by atoms with van der Waals surface area (Å²) in [7, 11) is 0. The van der Waals surface area contributed by atoms with Gasteiger partial charge >= 0.3 is 0 Å². The number of rotatable bonds is 6. The first-order valence-corrected chi connectivity index (χ1v) is 9.80. The summed E-state index contributed by atoms with van der Waals surface area (Å²) in [4.78, 5) is 19.7. The molecule has 5 rings (SSSR count). The molecule has 0 saturated heterocycles. The normalized spacial score (nSPS) is 17.2. The maximum atomic E-state index is 10.9. The van der Waals surface area contributed by atoms with Crippen molar-refractivity contribution in [2.45, 2.75) is 30.7 Å². The van der Waals surface area contributed by atoms with Crippen LogP contribution in [0.4, 0.5) is 5.82 Å². The number of carbonyl (C=O) groups is 1. The molecule has 1 saturated carbocycles. The maximum Gasteiger partial charge on any atom is 0.156 e. The van der Waals surface area contributed by atoms with Gasteiger partial charge in [0, 0.05) is 54.4 Å². The quantitative estimate of drug-likeness (QED) is 0.521. The number of fused-ring (bicyclic) bond motifs is 1. The number of aldehydes is 1. The molecule has 2 aliphatic rings. The largest absolute Gasteiger partial charge is 0.365 e. The van der Waals surface area contributed by atoms with Gasteiger partial charge in [0.2, 0.25) is 0 Å². The van der Waals surface area contributed by atoms with Crippen molar-refractivity contribution < 1.29 is 4.79 Å². The zero-order valence-corrected chi connectivity index (χ0v) is 15.9. The van der Waals surface area contributed by atoms with Gasteiger partial charge in [-0.05, 0) is 42.2 Å². The van der Waals surface area contributed by atoms with E-state index in [-0.39, 0.29) is 0 Å². The van der Waals surface area contributed by atoms with E-state index >= 15 is 0 Å². The highest BCUT2D eigenvalue weighted by atomic mass is 16.1. The highest BCUT2D eigenvalue weighted by Crippen LogP contribution is 2.43. The molecular weight excluding hydrogens is 362 g/mol. The molecule has 1 fully saturated rings. The zero-order valence-electron chi connectivity index (χ0n) is 15.9. The fourth-order valence-corrected chi connectivity index (χ4v) is 3.97. The number of allylic oxidation sites excluding steroid dienone is 2. The van der Waals surface area contributed by atoms with Crippen LogP contribution >= 0.6 is 0 Å². The number of aromatic nitrogens is 4. The number of nitrogens with one attached hydrogen (secondary N) is 1. The Labute approximate surface area is 169 Å². The van der Waals surface area contributed by atoms with E-state index in [0.29, 0.717) is 12.5 Å². The monoisotopic (exact) mass is 383 g/mol. The Bertz CT molecular complexity index is 1040.